The average Bonchev–Trinajstić information content (AvgIpc) is 2.34. The van der Waals surface area contributed by atoms with Gasteiger partial charge in [0.1, 0.15) is 0 Å². The van der Waals surface area contributed by atoms with Crippen molar-refractivity contribution in [2.75, 3.05) is 5.73 Å². The van der Waals surface area contributed by atoms with E-state index in [0.29, 0.717) is 6.10 Å². The minimum absolute atomic E-state index is 0.138. The van der Waals surface area contributed by atoms with E-state index in [2.05, 4.69) is 26.8 Å². The fourth-order valence-corrected chi connectivity index (χ4v) is 2.80. The fourth-order valence-electron chi connectivity index (χ4n) is 2.80. The molecule has 2 nitrogen and oxygen atoms in total. The maximum Gasteiger partial charge on any atom is 0.0801 e. The molecule has 100 valence electrons. The SMILES string of the molecule is CC(OC1CCC(C)C(C)C1)c1cccc(N)c1. The lowest BCUT2D eigenvalue weighted by Crippen LogP contribution is -2.27. The van der Waals surface area contributed by atoms with Gasteiger partial charge in [0.05, 0.1) is 12.2 Å². The molecule has 2 N–H and O–H groups in total. The summed E-state index contributed by atoms with van der Waals surface area (Å²) in [6.45, 7) is 6.81. The van der Waals surface area contributed by atoms with Crippen LogP contribution in [0.25, 0.3) is 0 Å². The Bertz CT molecular complexity index is 390. The summed E-state index contributed by atoms with van der Waals surface area (Å²) >= 11 is 0. The summed E-state index contributed by atoms with van der Waals surface area (Å²) in [4.78, 5) is 0. The molecule has 1 aliphatic carbocycles. The second-order valence-corrected chi connectivity index (χ2v) is 5.84. The largest absolute Gasteiger partial charge is 0.399 e. The minimum Gasteiger partial charge on any atom is -0.399 e. The first kappa shape index (κ1) is 13.4. The van der Waals surface area contributed by atoms with Crippen LogP contribution in [0.5, 0.6) is 0 Å². The van der Waals surface area contributed by atoms with Crippen LogP contribution in [0.4, 0.5) is 5.69 Å². The van der Waals surface area contributed by atoms with Crippen molar-refractivity contribution in [1.82, 2.24) is 0 Å². The molecular weight excluding hydrogens is 222 g/mol. The Morgan fingerprint density at radius 2 is 2.00 bits per heavy atom. The van der Waals surface area contributed by atoms with Crippen LogP contribution in [0.2, 0.25) is 0 Å². The third-order valence-corrected chi connectivity index (χ3v) is 4.33. The van der Waals surface area contributed by atoms with E-state index >= 15 is 0 Å². The Balaban J connectivity index is 1.93. The number of ether oxygens (including phenoxy) is 1. The van der Waals surface area contributed by atoms with Gasteiger partial charge in [-0.2, -0.15) is 0 Å². The monoisotopic (exact) mass is 247 g/mol. The first-order chi connectivity index (χ1) is 8.56. The van der Waals surface area contributed by atoms with Crippen molar-refractivity contribution in [3.63, 3.8) is 0 Å². The second-order valence-electron chi connectivity index (χ2n) is 5.84. The van der Waals surface area contributed by atoms with Crippen LogP contribution in [-0.4, -0.2) is 6.10 Å². The minimum atomic E-state index is 0.138. The molecule has 4 unspecified atom stereocenters. The lowest BCUT2D eigenvalue weighted by Gasteiger charge is -2.33. The maximum atomic E-state index is 6.20. The predicted molar refractivity (Wildman–Crippen MR) is 76.3 cm³/mol. The first-order valence-corrected chi connectivity index (χ1v) is 7.07. The maximum absolute atomic E-state index is 6.20. The summed E-state index contributed by atoms with van der Waals surface area (Å²) < 4.78 is 6.20. The zero-order valence-electron chi connectivity index (χ0n) is 11.7. The van der Waals surface area contributed by atoms with Crippen LogP contribution >= 0.6 is 0 Å². The quantitative estimate of drug-likeness (QED) is 0.814. The summed E-state index contributed by atoms with van der Waals surface area (Å²) in [5.41, 5.74) is 7.81. The number of nitrogens with two attached hydrogens (primary N) is 1. The molecule has 1 aliphatic rings. The van der Waals surface area contributed by atoms with Gasteiger partial charge in [0.15, 0.2) is 0 Å². The van der Waals surface area contributed by atoms with Gasteiger partial charge >= 0.3 is 0 Å². The summed E-state index contributed by atoms with van der Waals surface area (Å²) in [5.74, 6) is 1.62. The molecule has 1 aromatic rings. The number of hydrogen-bond acceptors (Lipinski definition) is 2. The number of rotatable bonds is 3. The Kier molecular flexibility index (Phi) is 4.28. The van der Waals surface area contributed by atoms with Crippen molar-refractivity contribution in [2.24, 2.45) is 11.8 Å². The molecule has 0 amide bonds. The van der Waals surface area contributed by atoms with E-state index in [1.165, 1.54) is 24.8 Å². The standard InChI is InChI=1S/C16H25NO/c1-11-7-8-16(9-12(11)2)18-13(3)14-5-4-6-15(17)10-14/h4-6,10-13,16H,7-9,17H2,1-3H3. The smallest absolute Gasteiger partial charge is 0.0801 e. The molecule has 2 rings (SSSR count). The zero-order valence-corrected chi connectivity index (χ0v) is 11.7. The molecule has 0 aromatic heterocycles. The molecule has 0 radical (unpaired) electrons. The van der Waals surface area contributed by atoms with E-state index in [-0.39, 0.29) is 6.10 Å². The lowest BCUT2D eigenvalue weighted by molar-refractivity contribution is -0.0409. The summed E-state index contributed by atoms with van der Waals surface area (Å²) in [6.07, 6.45) is 4.22. The molecule has 0 heterocycles. The fraction of sp³-hybridized carbons (Fsp3) is 0.625. The van der Waals surface area contributed by atoms with Crippen molar-refractivity contribution >= 4 is 5.69 Å². The highest BCUT2D eigenvalue weighted by atomic mass is 16.5. The van der Waals surface area contributed by atoms with Gasteiger partial charge in [-0.05, 0) is 55.7 Å². The number of benzene rings is 1. The third-order valence-electron chi connectivity index (χ3n) is 4.33. The number of hydrogen-bond donors (Lipinski definition) is 1. The third kappa shape index (κ3) is 3.26. The highest BCUT2D eigenvalue weighted by molar-refractivity contribution is 5.41. The molecule has 4 atom stereocenters. The Morgan fingerprint density at radius 3 is 2.67 bits per heavy atom. The molecule has 0 saturated heterocycles. The summed E-state index contributed by atoms with van der Waals surface area (Å²) in [5, 5.41) is 0. The van der Waals surface area contributed by atoms with E-state index in [1.54, 1.807) is 0 Å². The van der Waals surface area contributed by atoms with Gasteiger partial charge < -0.3 is 10.5 Å². The van der Waals surface area contributed by atoms with Crippen molar-refractivity contribution in [1.29, 1.82) is 0 Å². The van der Waals surface area contributed by atoms with E-state index in [1.807, 2.05) is 18.2 Å². The summed E-state index contributed by atoms with van der Waals surface area (Å²) in [7, 11) is 0. The zero-order chi connectivity index (χ0) is 13.1. The summed E-state index contributed by atoms with van der Waals surface area (Å²) in [6, 6.07) is 8.02. The van der Waals surface area contributed by atoms with Gasteiger partial charge in [-0.25, -0.2) is 0 Å². The molecular formula is C16H25NO. The van der Waals surface area contributed by atoms with Crippen molar-refractivity contribution in [3.8, 4) is 0 Å². The van der Waals surface area contributed by atoms with E-state index < -0.39 is 0 Å². The predicted octanol–water partition coefficient (Wildman–Crippen LogP) is 4.17. The number of nitrogen functional groups attached to an aromatic ring is 1. The number of anilines is 1. The van der Waals surface area contributed by atoms with Crippen LogP contribution in [0.1, 0.15) is 51.7 Å². The van der Waals surface area contributed by atoms with Crippen molar-refractivity contribution in [3.05, 3.63) is 29.8 Å². The van der Waals surface area contributed by atoms with Gasteiger partial charge in [0, 0.05) is 5.69 Å². The molecule has 1 aromatic carbocycles. The van der Waals surface area contributed by atoms with Crippen LogP contribution in [0.15, 0.2) is 24.3 Å². The van der Waals surface area contributed by atoms with Gasteiger partial charge in [-0.1, -0.05) is 26.0 Å². The van der Waals surface area contributed by atoms with Gasteiger partial charge in [-0.3, -0.25) is 0 Å². The molecule has 1 fully saturated rings. The molecule has 0 spiro atoms. The van der Waals surface area contributed by atoms with Crippen LogP contribution in [0, 0.1) is 11.8 Å². The molecule has 0 aliphatic heterocycles. The molecule has 2 heteroatoms. The Hall–Kier alpha value is -1.02. The second kappa shape index (κ2) is 5.75. The average molecular weight is 247 g/mol. The Labute approximate surface area is 111 Å². The van der Waals surface area contributed by atoms with E-state index in [9.17, 15) is 0 Å². The lowest BCUT2D eigenvalue weighted by atomic mass is 9.80. The molecule has 18 heavy (non-hydrogen) atoms. The Morgan fingerprint density at radius 1 is 1.22 bits per heavy atom. The highest BCUT2D eigenvalue weighted by Gasteiger charge is 2.26. The van der Waals surface area contributed by atoms with E-state index in [4.69, 9.17) is 10.5 Å². The van der Waals surface area contributed by atoms with Crippen LogP contribution in [-0.2, 0) is 4.74 Å². The molecule has 0 bridgehead atoms. The van der Waals surface area contributed by atoms with Gasteiger partial charge in [-0.15, -0.1) is 0 Å². The van der Waals surface area contributed by atoms with Gasteiger partial charge in [0.2, 0.25) is 0 Å². The van der Waals surface area contributed by atoms with E-state index in [0.717, 1.165) is 17.5 Å². The first-order valence-electron chi connectivity index (χ1n) is 7.07. The van der Waals surface area contributed by atoms with Crippen LogP contribution in [0.3, 0.4) is 0 Å². The highest BCUT2D eigenvalue weighted by Crippen LogP contribution is 2.33. The van der Waals surface area contributed by atoms with Crippen molar-refractivity contribution < 1.29 is 4.74 Å². The van der Waals surface area contributed by atoms with Crippen molar-refractivity contribution in [2.45, 2.75) is 52.2 Å². The topological polar surface area (TPSA) is 35.2 Å². The van der Waals surface area contributed by atoms with Gasteiger partial charge in [0.25, 0.3) is 0 Å². The van der Waals surface area contributed by atoms with Crippen LogP contribution < -0.4 is 5.73 Å². The molecule has 1 saturated carbocycles. The normalized spacial score (nSPS) is 30.1.